The Morgan fingerprint density at radius 3 is 2.81 bits per heavy atom. The first-order chi connectivity index (χ1) is 9.96. The van der Waals surface area contributed by atoms with Gasteiger partial charge in [0, 0.05) is 25.2 Å². The first-order valence-electron chi connectivity index (χ1n) is 8.18. The molecule has 0 radical (unpaired) electrons. The molecule has 1 aliphatic carbocycles. The monoisotopic (exact) mass is 298 g/mol. The largest absolute Gasteiger partial charge is 0.468 e. The lowest BCUT2D eigenvalue weighted by Gasteiger charge is -2.46. The van der Waals surface area contributed by atoms with Gasteiger partial charge in [0.1, 0.15) is 5.54 Å². The number of esters is 1. The van der Waals surface area contributed by atoms with Crippen molar-refractivity contribution in [3.63, 3.8) is 0 Å². The van der Waals surface area contributed by atoms with E-state index in [0.717, 1.165) is 19.6 Å². The van der Waals surface area contributed by atoms with Gasteiger partial charge in [-0.1, -0.05) is 12.8 Å². The predicted molar refractivity (Wildman–Crippen MR) is 82.3 cm³/mol. The number of nitrogens with zero attached hydrogens (tertiary/aromatic N) is 1. The Morgan fingerprint density at radius 2 is 2.14 bits per heavy atom. The van der Waals surface area contributed by atoms with Crippen LogP contribution in [0, 0.1) is 0 Å². The number of morpholine rings is 1. The third kappa shape index (κ3) is 3.96. The van der Waals surface area contributed by atoms with Crippen LogP contribution in [0.3, 0.4) is 0 Å². The molecule has 21 heavy (non-hydrogen) atoms. The van der Waals surface area contributed by atoms with Crippen molar-refractivity contribution in [3.8, 4) is 0 Å². The fraction of sp³-hybridized carbons (Fsp3) is 0.938. The summed E-state index contributed by atoms with van der Waals surface area (Å²) in [6.07, 6.45) is 5.17. The molecular formula is C16H30N2O3. The highest BCUT2D eigenvalue weighted by molar-refractivity contribution is 5.80. The molecular weight excluding hydrogens is 268 g/mol. The molecule has 5 heteroatoms. The molecule has 0 aromatic rings. The standard InChI is InChI=1S/C16H30N2O3/c1-12(2)17-16(3,15(19)20-4)11-18-9-10-21-14-8-6-5-7-13(14)18/h12-14,17H,5-11H2,1-4H3. The lowest BCUT2D eigenvalue weighted by atomic mass is 9.88. The van der Waals surface area contributed by atoms with Crippen LogP contribution >= 0.6 is 0 Å². The number of rotatable bonds is 5. The number of hydrogen-bond donors (Lipinski definition) is 1. The molecule has 0 amide bonds. The van der Waals surface area contributed by atoms with Crippen LogP contribution in [-0.4, -0.2) is 61.4 Å². The zero-order valence-corrected chi connectivity index (χ0v) is 13.9. The fourth-order valence-corrected chi connectivity index (χ4v) is 3.81. The summed E-state index contributed by atoms with van der Waals surface area (Å²) >= 11 is 0. The van der Waals surface area contributed by atoms with E-state index in [1.54, 1.807) is 0 Å². The molecule has 2 fully saturated rings. The number of hydrogen-bond acceptors (Lipinski definition) is 5. The molecule has 0 bridgehead atoms. The Bertz CT molecular complexity index is 359. The minimum Gasteiger partial charge on any atom is -0.468 e. The van der Waals surface area contributed by atoms with Gasteiger partial charge in [-0.25, -0.2) is 0 Å². The minimum atomic E-state index is -0.664. The van der Waals surface area contributed by atoms with Crippen LogP contribution < -0.4 is 5.32 Å². The van der Waals surface area contributed by atoms with Gasteiger partial charge in [-0.2, -0.15) is 0 Å². The Kier molecular flexibility index (Phi) is 5.63. The van der Waals surface area contributed by atoms with Gasteiger partial charge < -0.3 is 9.47 Å². The molecule has 1 saturated carbocycles. The second-order valence-corrected chi connectivity index (χ2v) is 6.85. The lowest BCUT2D eigenvalue weighted by molar-refractivity contribution is -0.152. The molecule has 0 spiro atoms. The Labute approximate surface area is 128 Å². The summed E-state index contributed by atoms with van der Waals surface area (Å²) in [5, 5.41) is 3.39. The van der Waals surface area contributed by atoms with E-state index in [9.17, 15) is 4.79 Å². The van der Waals surface area contributed by atoms with E-state index in [2.05, 4.69) is 24.1 Å². The zero-order chi connectivity index (χ0) is 15.5. The van der Waals surface area contributed by atoms with Crippen LogP contribution in [0.2, 0.25) is 0 Å². The van der Waals surface area contributed by atoms with Crippen LogP contribution in [0.5, 0.6) is 0 Å². The van der Waals surface area contributed by atoms with Gasteiger partial charge in [0.25, 0.3) is 0 Å². The zero-order valence-electron chi connectivity index (χ0n) is 13.9. The lowest BCUT2D eigenvalue weighted by Crippen LogP contribution is -2.63. The third-order valence-electron chi connectivity index (χ3n) is 4.61. The minimum absolute atomic E-state index is 0.185. The number of fused-ring (bicyclic) bond motifs is 1. The highest BCUT2D eigenvalue weighted by Crippen LogP contribution is 2.29. The van der Waals surface area contributed by atoms with E-state index in [4.69, 9.17) is 9.47 Å². The predicted octanol–water partition coefficient (Wildman–Crippen LogP) is 1.56. The number of nitrogens with one attached hydrogen (secondary N) is 1. The van der Waals surface area contributed by atoms with Gasteiger partial charge in [0.2, 0.25) is 0 Å². The summed E-state index contributed by atoms with van der Waals surface area (Å²) in [6.45, 7) is 8.41. The summed E-state index contributed by atoms with van der Waals surface area (Å²) in [4.78, 5) is 14.7. The molecule has 0 aromatic heterocycles. The average molecular weight is 298 g/mol. The van der Waals surface area contributed by atoms with Crippen molar-refractivity contribution in [2.45, 2.75) is 70.2 Å². The van der Waals surface area contributed by atoms with Crippen molar-refractivity contribution >= 4 is 5.97 Å². The van der Waals surface area contributed by atoms with Gasteiger partial charge in [-0.3, -0.25) is 15.0 Å². The summed E-state index contributed by atoms with van der Waals surface area (Å²) in [7, 11) is 1.46. The molecule has 0 aromatic carbocycles. The fourth-order valence-electron chi connectivity index (χ4n) is 3.81. The van der Waals surface area contributed by atoms with Gasteiger partial charge >= 0.3 is 5.97 Å². The van der Waals surface area contributed by atoms with E-state index in [0.29, 0.717) is 18.7 Å². The average Bonchev–Trinajstić information content (AvgIpc) is 2.46. The van der Waals surface area contributed by atoms with Crippen molar-refractivity contribution in [1.82, 2.24) is 10.2 Å². The van der Waals surface area contributed by atoms with Gasteiger partial charge in [-0.05, 0) is 33.6 Å². The Hall–Kier alpha value is -0.650. The first kappa shape index (κ1) is 16.7. The highest BCUT2D eigenvalue weighted by atomic mass is 16.5. The van der Waals surface area contributed by atoms with Crippen molar-refractivity contribution in [2.24, 2.45) is 0 Å². The maximum Gasteiger partial charge on any atom is 0.327 e. The Morgan fingerprint density at radius 1 is 1.43 bits per heavy atom. The molecule has 1 N–H and O–H groups in total. The summed E-state index contributed by atoms with van der Waals surface area (Å²) in [5.74, 6) is -0.185. The van der Waals surface area contributed by atoms with Crippen LogP contribution in [0.1, 0.15) is 46.5 Å². The molecule has 3 atom stereocenters. The molecule has 1 aliphatic heterocycles. The van der Waals surface area contributed by atoms with E-state index in [1.165, 1.54) is 26.4 Å². The topological polar surface area (TPSA) is 50.8 Å². The molecule has 2 aliphatic rings. The second kappa shape index (κ2) is 7.07. The van der Waals surface area contributed by atoms with Gasteiger partial charge in [0.05, 0.1) is 19.8 Å². The Balaban J connectivity index is 2.09. The van der Waals surface area contributed by atoms with Crippen LogP contribution in [0.4, 0.5) is 0 Å². The number of carbonyl (C=O) groups excluding carboxylic acids is 1. The number of ether oxygens (including phenoxy) is 2. The maximum atomic E-state index is 12.3. The van der Waals surface area contributed by atoms with Gasteiger partial charge in [-0.15, -0.1) is 0 Å². The van der Waals surface area contributed by atoms with Crippen molar-refractivity contribution < 1.29 is 14.3 Å². The summed E-state index contributed by atoms with van der Waals surface area (Å²) in [5.41, 5.74) is -0.664. The van der Waals surface area contributed by atoms with E-state index < -0.39 is 5.54 Å². The number of carbonyl (C=O) groups is 1. The quantitative estimate of drug-likeness (QED) is 0.781. The summed E-state index contributed by atoms with van der Waals surface area (Å²) in [6, 6.07) is 0.683. The van der Waals surface area contributed by atoms with Crippen molar-refractivity contribution in [3.05, 3.63) is 0 Å². The van der Waals surface area contributed by atoms with Crippen LogP contribution in [-0.2, 0) is 14.3 Å². The molecule has 2 rings (SSSR count). The van der Waals surface area contributed by atoms with Crippen LogP contribution in [0.25, 0.3) is 0 Å². The van der Waals surface area contributed by atoms with Crippen molar-refractivity contribution in [1.29, 1.82) is 0 Å². The normalized spacial score (nSPS) is 29.8. The number of methoxy groups -OCH3 is 1. The molecule has 1 heterocycles. The SMILES string of the molecule is COC(=O)C(C)(CN1CCOC2CCCCC21)NC(C)C. The third-order valence-corrected chi connectivity index (χ3v) is 4.61. The molecule has 5 nitrogen and oxygen atoms in total. The molecule has 1 saturated heterocycles. The smallest absolute Gasteiger partial charge is 0.327 e. The van der Waals surface area contributed by atoms with Crippen molar-refractivity contribution in [2.75, 3.05) is 26.8 Å². The summed E-state index contributed by atoms with van der Waals surface area (Å²) < 4.78 is 11.0. The maximum absolute atomic E-state index is 12.3. The van der Waals surface area contributed by atoms with Gasteiger partial charge in [0.15, 0.2) is 0 Å². The van der Waals surface area contributed by atoms with E-state index in [1.807, 2.05) is 6.92 Å². The van der Waals surface area contributed by atoms with E-state index in [-0.39, 0.29) is 12.0 Å². The van der Waals surface area contributed by atoms with Crippen LogP contribution in [0.15, 0.2) is 0 Å². The first-order valence-corrected chi connectivity index (χ1v) is 8.18. The second-order valence-electron chi connectivity index (χ2n) is 6.85. The van der Waals surface area contributed by atoms with E-state index >= 15 is 0 Å². The highest BCUT2D eigenvalue weighted by Gasteiger charge is 2.42. The molecule has 122 valence electrons. The molecule has 3 unspecified atom stereocenters.